The van der Waals surface area contributed by atoms with E-state index in [0.717, 1.165) is 22.3 Å². The molecule has 4 aromatic rings. The number of para-hydroxylation sites is 2. The van der Waals surface area contributed by atoms with E-state index in [1.54, 1.807) is 24.3 Å². The summed E-state index contributed by atoms with van der Waals surface area (Å²) < 4.78 is 5.60. The summed E-state index contributed by atoms with van der Waals surface area (Å²) in [5.74, 6) is -1.69. The third-order valence-electron chi connectivity index (χ3n) is 5.75. The number of hydrogen-bond donors (Lipinski definition) is 0. The van der Waals surface area contributed by atoms with Gasteiger partial charge in [-0.25, -0.2) is 4.79 Å². The lowest BCUT2D eigenvalue weighted by atomic mass is 9.98. The second-order valence-electron chi connectivity index (χ2n) is 7.64. The number of hydrogen-bond acceptors (Lipinski definition) is 3. The second-order valence-corrected chi connectivity index (χ2v) is 7.64. The van der Waals surface area contributed by atoms with Crippen LogP contribution in [0.25, 0.3) is 11.1 Å². The zero-order valence-electron chi connectivity index (χ0n) is 17.3. The summed E-state index contributed by atoms with van der Waals surface area (Å²) in [6, 6.07) is 34.5. The van der Waals surface area contributed by atoms with Crippen molar-refractivity contribution in [2.45, 2.75) is 5.92 Å². The molecule has 1 aliphatic rings. The second kappa shape index (κ2) is 8.52. The number of esters is 1. The molecule has 5 rings (SSSR count). The Morgan fingerprint density at radius 2 is 1.06 bits per heavy atom. The molecule has 4 nitrogen and oxygen atoms in total. The van der Waals surface area contributed by atoms with E-state index in [9.17, 15) is 9.59 Å². The standard InChI is InChI=1S/C28H21NO3/c30-27(29(20-11-3-1-4-12-20)21-13-5-2-6-14-21)28(31)32-19-26-24-17-9-7-15-22(24)23-16-8-10-18-25(23)26/h1-18,26H,19H2. The summed E-state index contributed by atoms with van der Waals surface area (Å²) in [5, 5.41) is 0. The number of carbonyl (C=O) groups is 2. The maximum Gasteiger partial charge on any atom is 0.397 e. The van der Waals surface area contributed by atoms with E-state index in [1.165, 1.54) is 4.90 Å². The van der Waals surface area contributed by atoms with Gasteiger partial charge in [-0.1, -0.05) is 84.9 Å². The molecule has 0 fully saturated rings. The summed E-state index contributed by atoms with van der Waals surface area (Å²) >= 11 is 0. The quantitative estimate of drug-likeness (QED) is 0.315. The van der Waals surface area contributed by atoms with Crippen LogP contribution < -0.4 is 4.90 Å². The Hall–Kier alpha value is -4.18. The van der Waals surface area contributed by atoms with Gasteiger partial charge in [0.1, 0.15) is 6.61 Å². The predicted molar refractivity (Wildman–Crippen MR) is 125 cm³/mol. The number of ether oxygens (including phenoxy) is 1. The van der Waals surface area contributed by atoms with Gasteiger partial charge in [0.25, 0.3) is 0 Å². The highest BCUT2D eigenvalue weighted by Gasteiger charge is 2.31. The fraction of sp³-hybridized carbons (Fsp3) is 0.0714. The highest BCUT2D eigenvalue weighted by Crippen LogP contribution is 2.44. The Morgan fingerprint density at radius 3 is 1.56 bits per heavy atom. The van der Waals surface area contributed by atoms with Gasteiger partial charge >= 0.3 is 11.9 Å². The van der Waals surface area contributed by atoms with Crippen LogP contribution in [-0.2, 0) is 14.3 Å². The van der Waals surface area contributed by atoms with Crippen molar-refractivity contribution in [2.24, 2.45) is 0 Å². The van der Waals surface area contributed by atoms with Gasteiger partial charge in [-0.2, -0.15) is 0 Å². The molecule has 32 heavy (non-hydrogen) atoms. The molecule has 0 heterocycles. The van der Waals surface area contributed by atoms with E-state index >= 15 is 0 Å². The first kappa shape index (κ1) is 19.8. The number of anilines is 2. The van der Waals surface area contributed by atoms with Crippen LogP contribution in [0.3, 0.4) is 0 Å². The number of fused-ring (bicyclic) bond motifs is 3. The minimum absolute atomic E-state index is 0.0962. The molecule has 0 unspecified atom stereocenters. The fourth-order valence-corrected chi connectivity index (χ4v) is 4.29. The molecule has 0 saturated carbocycles. The maximum absolute atomic E-state index is 13.2. The molecule has 0 aromatic heterocycles. The smallest absolute Gasteiger partial charge is 0.397 e. The topological polar surface area (TPSA) is 46.6 Å². The number of rotatable bonds is 4. The van der Waals surface area contributed by atoms with Crippen LogP contribution >= 0.6 is 0 Å². The van der Waals surface area contributed by atoms with E-state index in [1.807, 2.05) is 60.7 Å². The highest BCUT2D eigenvalue weighted by molar-refractivity contribution is 6.39. The average Bonchev–Trinajstić information content (AvgIpc) is 3.18. The summed E-state index contributed by atoms with van der Waals surface area (Å²) in [7, 11) is 0. The molecule has 0 saturated heterocycles. The van der Waals surface area contributed by atoms with Crippen LogP contribution in [-0.4, -0.2) is 18.5 Å². The van der Waals surface area contributed by atoms with Gasteiger partial charge < -0.3 is 4.74 Å². The first-order valence-electron chi connectivity index (χ1n) is 10.5. The van der Waals surface area contributed by atoms with E-state index < -0.39 is 11.9 Å². The van der Waals surface area contributed by atoms with Crippen LogP contribution in [0.15, 0.2) is 109 Å². The van der Waals surface area contributed by atoms with Crippen LogP contribution in [0.4, 0.5) is 11.4 Å². The molecular formula is C28H21NO3. The third kappa shape index (κ3) is 3.56. The van der Waals surface area contributed by atoms with Gasteiger partial charge in [0.2, 0.25) is 0 Å². The molecule has 4 aromatic carbocycles. The maximum atomic E-state index is 13.2. The first-order chi connectivity index (χ1) is 15.7. The van der Waals surface area contributed by atoms with Crippen molar-refractivity contribution >= 4 is 23.3 Å². The lowest BCUT2D eigenvalue weighted by molar-refractivity contribution is -0.153. The Labute approximate surface area is 186 Å². The number of nitrogens with zero attached hydrogens (tertiary/aromatic N) is 1. The van der Waals surface area contributed by atoms with E-state index in [-0.39, 0.29) is 12.5 Å². The zero-order valence-corrected chi connectivity index (χ0v) is 17.3. The van der Waals surface area contributed by atoms with E-state index in [2.05, 4.69) is 24.3 Å². The van der Waals surface area contributed by atoms with Crippen LogP contribution in [0.2, 0.25) is 0 Å². The molecule has 0 aliphatic heterocycles. The van der Waals surface area contributed by atoms with Crippen molar-refractivity contribution in [3.05, 3.63) is 120 Å². The Kier molecular flexibility index (Phi) is 5.26. The molecule has 156 valence electrons. The number of carbonyl (C=O) groups excluding carboxylic acids is 2. The number of benzene rings is 4. The van der Waals surface area contributed by atoms with Crippen molar-refractivity contribution in [3.8, 4) is 11.1 Å². The molecule has 4 heteroatoms. The van der Waals surface area contributed by atoms with Gasteiger partial charge in [-0.3, -0.25) is 9.69 Å². The van der Waals surface area contributed by atoms with Crippen LogP contribution in [0.1, 0.15) is 17.0 Å². The predicted octanol–water partition coefficient (Wildman–Crippen LogP) is 5.71. The highest BCUT2D eigenvalue weighted by atomic mass is 16.5. The van der Waals surface area contributed by atoms with Crippen molar-refractivity contribution in [1.82, 2.24) is 0 Å². The fourth-order valence-electron chi connectivity index (χ4n) is 4.29. The lowest BCUT2D eigenvalue weighted by Gasteiger charge is -2.22. The van der Waals surface area contributed by atoms with E-state index in [4.69, 9.17) is 4.74 Å². The molecule has 0 bridgehead atoms. The third-order valence-corrected chi connectivity index (χ3v) is 5.75. The van der Waals surface area contributed by atoms with Gasteiger partial charge in [0, 0.05) is 17.3 Å². The van der Waals surface area contributed by atoms with Gasteiger partial charge in [-0.05, 0) is 46.5 Å². The number of amides is 1. The van der Waals surface area contributed by atoms with Gasteiger partial charge in [0.05, 0.1) is 0 Å². The molecule has 0 atom stereocenters. The van der Waals surface area contributed by atoms with Crippen molar-refractivity contribution in [1.29, 1.82) is 0 Å². The van der Waals surface area contributed by atoms with E-state index in [0.29, 0.717) is 11.4 Å². The Bertz CT molecular complexity index is 1180. The van der Waals surface area contributed by atoms with Gasteiger partial charge in [-0.15, -0.1) is 0 Å². The monoisotopic (exact) mass is 419 g/mol. The largest absolute Gasteiger partial charge is 0.458 e. The minimum Gasteiger partial charge on any atom is -0.458 e. The van der Waals surface area contributed by atoms with Crippen molar-refractivity contribution in [2.75, 3.05) is 11.5 Å². The molecular weight excluding hydrogens is 398 g/mol. The summed E-state index contributed by atoms with van der Waals surface area (Å²) in [6.07, 6.45) is 0. The zero-order chi connectivity index (χ0) is 21.9. The summed E-state index contributed by atoms with van der Waals surface area (Å²) in [4.78, 5) is 27.5. The Balaban J connectivity index is 1.40. The SMILES string of the molecule is O=C(OCC1c2ccccc2-c2ccccc21)C(=O)N(c1ccccc1)c1ccccc1. The van der Waals surface area contributed by atoms with Gasteiger partial charge in [0.15, 0.2) is 0 Å². The Morgan fingerprint density at radius 1 is 0.625 bits per heavy atom. The molecule has 0 N–H and O–H groups in total. The van der Waals surface area contributed by atoms with Crippen molar-refractivity contribution in [3.63, 3.8) is 0 Å². The van der Waals surface area contributed by atoms with Crippen LogP contribution in [0, 0.1) is 0 Å². The van der Waals surface area contributed by atoms with Crippen LogP contribution in [0.5, 0.6) is 0 Å². The average molecular weight is 419 g/mol. The molecule has 0 spiro atoms. The molecule has 1 amide bonds. The molecule has 1 aliphatic carbocycles. The lowest BCUT2D eigenvalue weighted by Crippen LogP contribution is -2.34. The van der Waals surface area contributed by atoms with Crippen molar-refractivity contribution < 1.29 is 14.3 Å². The first-order valence-corrected chi connectivity index (χ1v) is 10.5. The minimum atomic E-state index is -0.875. The summed E-state index contributed by atoms with van der Waals surface area (Å²) in [5.41, 5.74) is 5.72. The summed E-state index contributed by atoms with van der Waals surface area (Å²) in [6.45, 7) is 0.107. The normalized spacial score (nSPS) is 12.0. The molecule has 0 radical (unpaired) electrons.